The van der Waals surface area contributed by atoms with Gasteiger partial charge in [0.05, 0.1) is 6.54 Å². The zero-order chi connectivity index (χ0) is 14.7. The van der Waals surface area contributed by atoms with Gasteiger partial charge in [0.15, 0.2) is 0 Å². The molecule has 0 aromatic rings. The predicted molar refractivity (Wildman–Crippen MR) is 76.3 cm³/mol. The first-order valence-corrected chi connectivity index (χ1v) is 7.74. The van der Waals surface area contributed by atoms with E-state index < -0.39 is 12.0 Å². The van der Waals surface area contributed by atoms with Crippen molar-refractivity contribution >= 4 is 11.9 Å². The van der Waals surface area contributed by atoms with Crippen LogP contribution in [0.1, 0.15) is 46.0 Å². The molecule has 0 aromatic heterocycles. The molecule has 0 spiro atoms. The lowest BCUT2D eigenvalue weighted by Gasteiger charge is -2.23. The zero-order valence-electron chi connectivity index (χ0n) is 12.5. The summed E-state index contributed by atoms with van der Waals surface area (Å²) in [6.45, 7) is 4.82. The molecule has 2 aliphatic rings. The van der Waals surface area contributed by atoms with Gasteiger partial charge < -0.3 is 15.3 Å². The van der Waals surface area contributed by atoms with Crippen molar-refractivity contribution in [1.82, 2.24) is 10.2 Å². The number of carboxylic acid groups (broad SMARTS) is 1. The van der Waals surface area contributed by atoms with Crippen molar-refractivity contribution in [3.8, 4) is 0 Å². The van der Waals surface area contributed by atoms with E-state index in [1.165, 1.54) is 25.7 Å². The summed E-state index contributed by atoms with van der Waals surface area (Å²) in [6, 6.07) is -0.391. The fourth-order valence-corrected chi connectivity index (χ4v) is 3.54. The SMILES string of the molecule is CC(C)NCC(=O)N1CC(C2CCCC2)CC1C(=O)O. The maximum atomic E-state index is 12.2. The van der Waals surface area contributed by atoms with Crippen LogP contribution in [-0.2, 0) is 9.59 Å². The summed E-state index contributed by atoms with van der Waals surface area (Å²) in [6.07, 6.45) is 5.53. The van der Waals surface area contributed by atoms with Crippen molar-refractivity contribution in [3.05, 3.63) is 0 Å². The fraction of sp³-hybridized carbons (Fsp3) is 0.867. The van der Waals surface area contributed by atoms with Gasteiger partial charge in [0.2, 0.25) is 5.91 Å². The van der Waals surface area contributed by atoms with Gasteiger partial charge in [-0.2, -0.15) is 0 Å². The van der Waals surface area contributed by atoms with E-state index in [1.54, 1.807) is 4.90 Å². The molecule has 1 aliphatic carbocycles. The smallest absolute Gasteiger partial charge is 0.326 e. The molecule has 20 heavy (non-hydrogen) atoms. The molecule has 1 saturated heterocycles. The van der Waals surface area contributed by atoms with Crippen LogP contribution in [-0.4, -0.2) is 47.1 Å². The van der Waals surface area contributed by atoms with Gasteiger partial charge in [0.25, 0.3) is 0 Å². The number of hydrogen-bond acceptors (Lipinski definition) is 3. The van der Waals surface area contributed by atoms with Gasteiger partial charge in [-0.15, -0.1) is 0 Å². The Morgan fingerprint density at radius 3 is 2.45 bits per heavy atom. The van der Waals surface area contributed by atoms with Crippen molar-refractivity contribution in [1.29, 1.82) is 0 Å². The number of carbonyl (C=O) groups is 2. The van der Waals surface area contributed by atoms with Gasteiger partial charge in [-0.3, -0.25) is 4.79 Å². The number of aliphatic carboxylic acids is 1. The summed E-state index contributed by atoms with van der Waals surface area (Å²) in [7, 11) is 0. The van der Waals surface area contributed by atoms with Crippen LogP contribution in [0.15, 0.2) is 0 Å². The molecule has 1 saturated carbocycles. The van der Waals surface area contributed by atoms with E-state index in [1.807, 2.05) is 13.8 Å². The Kier molecular flexibility index (Phi) is 5.02. The third kappa shape index (κ3) is 3.51. The third-order valence-electron chi connectivity index (χ3n) is 4.67. The monoisotopic (exact) mass is 282 g/mol. The van der Waals surface area contributed by atoms with Gasteiger partial charge in [0, 0.05) is 12.6 Å². The first-order chi connectivity index (χ1) is 9.49. The number of nitrogens with zero attached hydrogens (tertiary/aromatic N) is 1. The van der Waals surface area contributed by atoms with Crippen molar-refractivity contribution in [2.45, 2.75) is 58.0 Å². The molecule has 1 heterocycles. The van der Waals surface area contributed by atoms with Crippen molar-refractivity contribution in [2.24, 2.45) is 11.8 Å². The summed E-state index contributed by atoms with van der Waals surface area (Å²) >= 11 is 0. The highest BCUT2D eigenvalue weighted by Crippen LogP contribution is 2.38. The van der Waals surface area contributed by atoms with Crippen molar-refractivity contribution in [2.75, 3.05) is 13.1 Å². The normalized spacial score (nSPS) is 27.4. The maximum absolute atomic E-state index is 12.2. The fourth-order valence-electron chi connectivity index (χ4n) is 3.54. The number of rotatable bonds is 5. The number of hydrogen-bond donors (Lipinski definition) is 2. The molecule has 2 N–H and O–H groups in total. The van der Waals surface area contributed by atoms with Crippen LogP contribution in [0.2, 0.25) is 0 Å². The molecule has 2 atom stereocenters. The number of amides is 1. The molecule has 1 aliphatic heterocycles. The zero-order valence-corrected chi connectivity index (χ0v) is 12.5. The lowest BCUT2D eigenvalue weighted by molar-refractivity contribution is -0.147. The van der Waals surface area contributed by atoms with E-state index in [2.05, 4.69) is 5.32 Å². The molecule has 114 valence electrons. The van der Waals surface area contributed by atoms with Crippen LogP contribution in [0.5, 0.6) is 0 Å². The molecule has 0 bridgehead atoms. The number of carbonyl (C=O) groups excluding carboxylic acids is 1. The summed E-state index contributed by atoms with van der Waals surface area (Å²) < 4.78 is 0. The quantitative estimate of drug-likeness (QED) is 0.801. The molecule has 2 unspecified atom stereocenters. The van der Waals surface area contributed by atoms with Crippen molar-refractivity contribution in [3.63, 3.8) is 0 Å². The van der Waals surface area contributed by atoms with Crippen molar-refractivity contribution < 1.29 is 14.7 Å². The third-order valence-corrected chi connectivity index (χ3v) is 4.67. The topological polar surface area (TPSA) is 69.6 Å². The second-order valence-corrected chi connectivity index (χ2v) is 6.48. The highest BCUT2D eigenvalue weighted by atomic mass is 16.4. The Morgan fingerprint density at radius 1 is 1.25 bits per heavy atom. The highest BCUT2D eigenvalue weighted by Gasteiger charge is 2.42. The molecular weight excluding hydrogens is 256 g/mol. The number of carboxylic acids is 1. The first kappa shape index (κ1) is 15.3. The highest BCUT2D eigenvalue weighted by molar-refractivity contribution is 5.85. The molecule has 0 radical (unpaired) electrons. The van der Waals surface area contributed by atoms with Gasteiger partial charge >= 0.3 is 5.97 Å². The first-order valence-electron chi connectivity index (χ1n) is 7.74. The Morgan fingerprint density at radius 2 is 1.90 bits per heavy atom. The minimum absolute atomic E-state index is 0.0772. The van der Waals surface area contributed by atoms with E-state index in [0.717, 1.165) is 0 Å². The Bertz CT molecular complexity index is 364. The molecule has 2 fully saturated rings. The van der Waals surface area contributed by atoms with E-state index in [-0.39, 0.29) is 18.5 Å². The van der Waals surface area contributed by atoms with Gasteiger partial charge in [-0.25, -0.2) is 4.79 Å². The van der Waals surface area contributed by atoms with Crippen LogP contribution in [0.25, 0.3) is 0 Å². The van der Waals surface area contributed by atoms with E-state index >= 15 is 0 Å². The van der Waals surface area contributed by atoms with Crippen LogP contribution in [0.4, 0.5) is 0 Å². The van der Waals surface area contributed by atoms with E-state index in [4.69, 9.17) is 0 Å². The Balaban J connectivity index is 1.97. The van der Waals surface area contributed by atoms with E-state index in [0.29, 0.717) is 24.8 Å². The summed E-state index contributed by atoms with van der Waals surface area (Å²) in [5.74, 6) is 0.0595. The predicted octanol–water partition coefficient (Wildman–Crippen LogP) is 1.48. The van der Waals surface area contributed by atoms with E-state index in [9.17, 15) is 14.7 Å². The second kappa shape index (κ2) is 6.57. The summed E-state index contributed by atoms with van der Waals surface area (Å²) in [4.78, 5) is 25.2. The molecule has 5 heteroatoms. The second-order valence-electron chi connectivity index (χ2n) is 6.48. The number of likely N-dealkylation sites (tertiary alicyclic amines) is 1. The molecule has 5 nitrogen and oxygen atoms in total. The average Bonchev–Trinajstić information content (AvgIpc) is 3.03. The maximum Gasteiger partial charge on any atom is 0.326 e. The lowest BCUT2D eigenvalue weighted by Crippen LogP contribution is -2.45. The number of nitrogens with one attached hydrogen (secondary N) is 1. The molecule has 0 aromatic carbocycles. The van der Waals surface area contributed by atoms with Crippen LogP contribution in [0, 0.1) is 11.8 Å². The minimum atomic E-state index is -0.858. The van der Waals surface area contributed by atoms with Gasteiger partial charge in [0.1, 0.15) is 6.04 Å². The molecular formula is C15H26N2O3. The summed E-state index contributed by atoms with van der Waals surface area (Å²) in [5.41, 5.74) is 0. The summed E-state index contributed by atoms with van der Waals surface area (Å²) in [5, 5.41) is 12.4. The standard InChI is InChI=1S/C15H26N2O3/c1-10(2)16-8-14(18)17-9-12(7-13(17)15(19)20)11-5-3-4-6-11/h10-13,16H,3-9H2,1-2H3,(H,19,20). The molecule has 2 rings (SSSR count). The lowest BCUT2D eigenvalue weighted by atomic mass is 9.89. The van der Waals surface area contributed by atoms with Crippen LogP contribution >= 0.6 is 0 Å². The van der Waals surface area contributed by atoms with Gasteiger partial charge in [-0.1, -0.05) is 39.5 Å². The van der Waals surface area contributed by atoms with Crippen LogP contribution < -0.4 is 5.32 Å². The largest absolute Gasteiger partial charge is 0.480 e. The molecule has 1 amide bonds. The minimum Gasteiger partial charge on any atom is -0.480 e. The van der Waals surface area contributed by atoms with Crippen LogP contribution in [0.3, 0.4) is 0 Å². The average molecular weight is 282 g/mol. The Hall–Kier alpha value is -1.10. The van der Waals surface area contributed by atoms with Gasteiger partial charge in [-0.05, 0) is 18.3 Å². The Labute approximate surface area is 120 Å².